The Morgan fingerprint density at radius 1 is 1.35 bits per heavy atom. The van der Waals surface area contributed by atoms with Crippen molar-refractivity contribution in [3.8, 4) is 6.07 Å². The zero-order valence-electron chi connectivity index (χ0n) is 10.1. The second-order valence-corrected chi connectivity index (χ2v) is 4.51. The Hall–Kier alpha value is -2.00. The number of alkyl halides is 3. The number of hydrogen-bond donors (Lipinski definition) is 1. The SMILES string of the molecule is N#CC(CNc1ccc(Cl)c2cccnc12)C(F)(F)F. The summed E-state index contributed by atoms with van der Waals surface area (Å²) in [6, 6.07) is 7.76. The van der Waals surface area contributed by atoms with E-state index in [1.54, 1.807) is 24.3 Å². The topological polar surface area (TPSA) is 48.7 Å². The van der Waals surface area contributed by atoms with Crippen molar-refractivity contribution in [1.29, 1.82) is 5.26 Å². The average Bonchev–Trinajstić information content (AvgIpc) is 2.40. The lowest BCUT2D eigenvalue weighted by atomic mass is 10.1. The maximum Gasteiger partial charge on any atom is 0.406 e. The van der Waals surface area contributed by atoms with E-state index in [1.165, 1.54) is 12.3 Å². The van der Waals surface area contributed by atoms with Gasteiger partial charge in [-0.1, -0.05) is 11.6 Å². The van der Waals surface area contributed by atoms with Crippen molar-refractivity contribution in [2.75, 3.05) is 11.9 Å². The number of benzene rings is 1. The molecule has 1 unspecified atom stereocenters. The van der Waals surface area contributed by atoms with E-state index in [-0.39, 0.29) is 0 Å². The minimum atomic E-state index is -4.56. The van der Waals surface area contributed by atoms with Crippen molar-refractivity contribution in [1.82, 2.24) is 4.98 Å². The van der Waals surface area contributed by atoms with E-state index in [0.717, 1.165) is 0 Å². The molecule has 0 fully saturated rings. The molecule has 3 nitrogen and oxygen atoms in total. The smallest absolute Gasteiger partial charge is 0.382 e. The van der Waals surface area contributed by atoms with Gasteiger partial charge in [0.15, 0.2) is 5.92 Å². The van der Waals surface area contributed by atoms with Crippen molar-refractivity contribution < 1.29 is 13.2 Å². The van der Waals surface area contributed by atoms with Crippen molar-refractivity contribution in [3.05, 3.63) is 35.5 Å². The summed E-state index contributed by atoms with van der Waals surface area (Å²) in [7, 11) is 0. The van der Waals surface area contributed by atoms with Crippen LogP contribution in [0.5, 0.6) is 0 Å². The summed E-state index contributed by atoms with van der Waals surface area (Å²) in [5.74, 6) is -2.07. The highest BCUT2D eigenvalue weighted by molar-refractivity contribution is 6.35. The highest BCUT2D eigenvalue weighted by atomic mass is 35.5. The molecule has 0 saturated carbocycles. The van der Waals surface area contributed by atoms with Gasteiger partial charge >= 0.3 is 6.18 Å². The number of hydrogen-bond acceptors (Lipinski definition) is 3. The van der Waals surface area contributed by atoms with Crippen molar-refractivity contribution in [3.63, 3.8) is 0 Å². The van der Waals surface area contributed by atoms with Crippen LogP contribution in [0.2, 0.25) is 5.02 Å². The molecule has 20 heavy (non-hydrogen) atoms. The number of rotatable bonds is 3. The van der Waals surface area contributed by atoms with Crippen LogP contribution in [0.15, 0.2) is 30.5 Å². The number of fused-ring (bicyclic) bond motifs is 1. The predicted molar refractivity (Wildman–Crippen MR) is 70.4 cm³/mol. The number of nitrogens with zero attached hydrogens (tertiary/aromatic N) is 2. The van der Waals surface area contributed by atoms with E-state index in [4.69, 9.17) is 16.9 Å². The fraction of sp³-hybridized carbons (Fsp3) is 0.231. The third-order valence-corrected chi connectivity index (χ3v) is 3.09. The Labute approximate surface area is 118 Å². The Kier molecular flexibility index (Phi) is 4.00. The molecule has 1 heterocycles. The van der Waals surface area contributed by atoms with Crippen molar-refractivity contribution >= 4 is 28.2 Å². The molecule has 0 aliphatic carbocycles. The van der Waals surface area contributed by atoms with Crippen LogP contribution >= 0.6 is 11.6 Å². The summed E-state index contributed by atoms with van der Waals surface area (Å²) in [6.07, 6.45) is -3.03. The quantitative estimate of drug-likeness (QED) is 0.932. The highest BCUT2D eigenvalue weighted by Gasteiger charge is 2.39. The first-order valence-corrected chi connectivity index (χ1v) is 6.04. The molecule has 2 aromatic rings. The number of anilines is 1. The number of halogens is 4. The van der Waals surface area contributed by atoms with Gasteiger partial charge in [-0.25, -0.2) is 0 Å². The molecule has 1 N–H and O–H groups in total. The molecule has 1 atom stereocenters. The molecule has 0 aliphatic rings. The monoisotopic (exact) mass is 299 g/mol. The molecule has 0 aliphatic heterocycles. The Morgan fingerprint density at radius 2 is 2.10 bits per heavy atom. The molecule has 1 aromatic carbocycles. The van der Waals surface area contributed by atoms with Gasteiger partial charge in [0.05, 0.1) is 22.3 Å². The van der Waals surface area contributed by atoms with Crippen LogP contribution in [0.4, 0.5) is 18.9 Å². The number of pyridine rings is 1. The van der Waals surface area contributed by atoms with Gasteiger partial charge in [-0.3, -0.25) is 4.98 Å². The standard InChI is InChI=1S/C13H9ClF3N3/c14-10-3-4-11(12-9(10)2-1-5-19-12)20-7-8(6-18)13(15,16)17/h1-5,8,20H,7H2. The molecule has 1 aromatic heterocycles. The average molecular weight is 300 g/mol. The second-order valence-electron chi connectivity index (χ2n) is 4.10. The molecular formula is C13H9ClF3N3. The fourth-order valence-electron chi connectivity index (χ4n) is 1.73. The molecule has 0 saturated heterocycles. The summed E-state index contributed by atoms with van der Waals surface area (Å²) in [4.78, 5) is 4.10. The van der Waals surface area contributed by atoms with Crippen LogP contribution in [0.1, 0.15) is 0 Å². The van der Waals surface area contributed by atoms with Crippen LogP contribution < -0.4 is 5.32 Å². The van der Waals surface area contributed by atoms with Crippen LogP contribution in [-0.4, -0.2) is 17.7 Å². The summed E-state index contributed by atoms with van der Waals surface area (Å²) in [5, 5.41) is 12.3. The van der Waals surface area contributed by atoms with Crippen molar-refractivity contribution in [2.24, 2.45) is 5.92 Å². The molecular weight excluding hydrogens is 291 g/mol. The molecule has 0 bridgehead atoms. The predicted octanol–water partition coefficient (Wildman–Crippen LogP) is 4.00. The summed E-state index contributed by atoms with van der Waals surface area (Å²) >= 11 is 5.99. The Morgan fingerprint density at radius 3 is 2.75 bits per heavy atom. The third-order valence-electron chi connectivity index (χ3n) is 2.76. The first-order valence-electron chi connectivity index (χ1n) is 5.67. The van der Waals surface area contributed by atoms with Crippen LogP contribution in [0, 0.1) is 17.2 Å². The van der Waals surface area contributed by atoms with Crippen molar-refractivity contribution in [2.45, 2.75) is 6.18 Å². The maximum absolute atomic E-state index is 12.5. The number of nitrogens with one attached hydrogen (secondary N) is 1. The highest BCUT2D eigenvalue weighted by Crippen LogP contribution is 2.30. The fourth-order valence-corrected chi connectivity index (χ4v) is 1.94. The first kappa shape index (κ1) is 14.4. The molecule has 0 amide bonds. The Bertz CT molecular complexity index is 664. The normalized spacial score (nSPS) is 12.9. The van der Waals surface area contributed by atoms with E-state index in [2.05, 4.69) is 10.3 Å². The third kappa shape index (κ3) is 2.94. The van der Waals surface area contributed by atoms with E-state index in [0.29, 0.717) is 21.6 Å². The first-order chi connectivity index (χ1) is 9.43. The second kappa shape index (κ2) is 5.55. The molecule has 7 heteroatoms. The summed E-state index contributed by atoms with van der Waals surface area (Å²) in [6.45, 7) is -0.534. The summed E-state index contributed by atoms with van der Waals surface area (Å²) < 4.78 is 37.5. The van der Waals surface area contributed by atoms with E-state index in [9.17, 15) is 13.2 Å². The van der Waals surface area contributed by atoms with Gasteiger partial charge in [-0.05, 0) is 24.3 Å². The lowest BCUT2D eigenvalue weighted by Gasteiger charge is -2.15. The van der Waals surface area contributed by atoms with Gasteiger partial charge in [0.2, 0.25) is 0 Å². The number of aromatic nitrogens is 1. The van der Waals surface area contributed by atoms with Gasteiger partial charge in [0.1, 0.15) is 0 Å². The van der Waals surface area contributed by atoms with E-state index < -0.39 is 18.6 Å². The number of nitriles is 1. The van der Waals surface area contributed by atoms with E-state index >= 15 is 0 Å². The van der Waals surface area contributed by atoms with Crippen LogP contribution in [-0.2, 0) is 0 Å². The lowest BCUT2D eigenvalue weighted by molar-refractivity contribution is -0.155. The summed E-state index contributed by atoms with van der Waals surface area (Å²) in [5.41, 5.74) is 0.883. The van der Waals surface area contributed by atoms with Gasteiger partial charge in [-0.15, -0.1) is 0 Å². The molecule has 0 spiro atoms. The zero-order valence-corrected chi connectivity index (χ0v) is 10.8. The van der Waals surface area contributed by atoms with Gasteiger partial charge in [0, 0.05) is 18.1 Å². The van der Waals surface area contributed by atoms with Gasteiger partial charge in [-0.2, -0.15) is 18.4 Å². The van der Waals surface area contributed by atoms with Gasteiger partial charge < -0.3 is 5.32 Å². The lowest BCUT2D eigenvalue weighted by Crippen LogP contribution is -2.28. The molecule has 0 radical (unpaired) electrons. The minimum absolute atomic E-state index is 0.412. The van der Waals surface area contributed by atoms with Crippen LogP contribution in [0.3, 0.4) is 0 Å². The van der Waals surface area contributed by atoms with Crippen LogP contribution in [0.25, 0.3) is 10.9 Å². The largest absolute Gasteiger partial charge is 0.406 e. The van der Waals surface area contributed by atoms with Gasteiger partial charge in [0.25, 0.3) is 0 Å². The molecule has 2 rings (SSSR count). The maximum atomic E-state index is 12.5. The zero-order chi connectivity index (χ0) is 14.8. The Balaban J connectivity index is 2.27. The molecule has 104 valence electrons. The minimum Gasteiger partial charge on any atom is -0.382 e. The van der Waals surface area contributed by atoms with E-state index in [1.807, 2.05) is 0 Å².